The molecule has 0 radical (unpaired) electrons. The minimum Gasteiger partial charge on any atom is -0.493 e. The third-order valence-electron chi connectivity index (χ3n) is 3.05. The van der Waals surface area contributed by atoms with Crippen LogP contribution in [0.25, 0.3) is 0 Å². The number of benzene rings is 1. The predicted molar refractivity (Wildman–Crippen MR) is 93.4 cm³/mol. The molecule has 1 aromatic carbocycles. The molecule has 134 valence electrons. The first kappa shape index (κ1) is 18.7. The number of nitrogens with zero attached hydrogens (tertiary/aromatic N) is 1. The van der Waals surface area contributed by atoms with Gasteiger partial charge in [0.05, 0.1) is 26.6 Å². The summed E-state index contributed by atoms with van der Waals surface area (Å²) in [5.41, 5.74) is 0.777. The zero-order chi connectivity index (χ0) is 18.2. The van der Waals surface area contributed by atoms with Crippen molar-refractivity contribution in [3.63, 3.8) is 0 Å². The van der Waals surface area contributed by atoms with Gasteiger partial charge >= 0.3 is 5.97 Å². The first-order valence-electron chi connectivity index (χ1n) is 7.44. The van der Waals surface area contributed by atoms with Crippen LogP contribution < -0.4 is 14.8 Å². The van der Waals surface area contributed by atoms with Crippen LogP contribution in [0.15, 0.2) is 29.6 Å². The number of anilines is 1. The Morgan fingerprint density at radius 1 is 1.24 bits per heavy atom. The average Bonchev–Trinajstić information content (AvgIpc) is 3.09. The number of aromatic amines is 1. The normalized spacial score (nSPS) is 10.2. The van der Waals surface area contributed by atoms with Gasteiger partial charge in [0, 0.05) is 18.0 Å². The molecule has 0 aliphatic carbocycles. The van der Waals surface area contributed by atoms with Gasteiger partial charge in [0.2, 0.25) is 5.91 Å². The van der Waals surface area contributed by atoms with E-state index in [0.717, 1.165) is 0 Å². The molecule has 2 N–H and O–H groups in total. The first-order chi connectivity index (χ1) is 12.1. The van der Waals surface area contributed by atoms with Gasteiger partial charge in [0.1, 0.15) is 0 Å². The molecule has 1 heterocycles. The molecule has 1 amide bonds. The Kier molecular flexibility index (Phi) is 6.70. The second-order valence-electron chi connectivity index (χ2n) is 4.72. The smallest absolute Gasteiger partial charge is 0.358 e. The molecule has 0 fully saturated rings. The number of imidazole rings is 1. The maximum Gasteiger partial charge on any atom is 0.358 e. The molecule has 0 saturated carbocycles. The molecule has 0 aliphatic heterocycles. The largest absolute Gasteiger partial charge is 0.493 e. The van der Waals surface area contributed by atoms with Crippen LogP contribution in [0.5, 0.6) is 11.5 Å². The topological polar surface area (TPSA) is 103 Å². The van der Waals surface area contributed by atoms with Crippen LogP contribution in [0.4, 0.5) is 5.69 Å². The molecule has 1 aromatic heterocycles. The summed E-state index contributed by atoms with van der Waals surface area (Å²) in [6.07, 6.45) is 1.45. The van der Waals surface area contributed by atoms with Crippen LogP contribution in [0.1, 0.15) is 17.4 Å². The number of methoxy groups -OCH3 is 2. The lowest BCUT2D eigenvalue weighted by molar-refractivity contribution is -0.113. The fourth-order valence-corrected chi connectivity index (χ4v) is 2.58. The van der Waals surface area contributed by atoms with E-state index < -0.39 is 5.97 Å². The van der Waals surface area contributed by atoms with E-state index in [-0.39, 0.29) is 24.0 Å². The van der Waals surface area contributed by atoms with Gasteiger partial charge < -0.3 is 24.5 Å². The number of hydrogen-bond acceptors (Lipinski definition) is 7. The number of hydrogen-bond donors (Lipinski definition) is 2. The quantitative estimate of drug-likeness (QED) is 0.547. The lowest BCUT2D eigenvalue weighted by atomic mass is 10.2. The van der Waals surface area contributed by atoms with Crippen LogP contribution in [0.3, 0.4) is 0 Å². The Morgan fingerprint density at radius 2 is 2.00 bits per heavy atom. The Morgan fingerprint density at radius 3 is 2.68 bits per heavy atom. The van der Waals surface area contributed by atoms with Gasteiger partial charge in [-0.3, -0.25) is 4.79 Å². The van der Waals surface area contributed by atoms with E-state index >= 15 is 0 Å². The fraction of sp³-hybridized carbons (Fsp3) is 0.312. The molecule has 0 saturated heterocycles. The number of carbonyl (C=O) groups excluding carboxylic acids is 2. The highest BCUT2D eigenvalue weighted by Crippen LogP contribution is 2.29. The molecule has 2 rings (SSSR count). The fourth-order valence-electron chi connectivity index (χ4n) is 1.93. The van der Waals surface area contributed by atoms with E-state index in [0.29, 0.717) is 22.3 Å². The Hall–Kier alpha value is -2.68. The second-order valence-corrected chi connectivity index (χ2v) is 5.68. The Labute approximate surface area is 149 Å². The van der Waals surface area contributed by atoms with E-state index in [1.165, 1.54) is 25.1 Å². The molecule has 25 heavy (non-hydrogen) atoms. The molecule has 8 nitrogen and oxygen atoms in total. The number of aromatic nitrogens is 2. The number of thioether (sulfide) groups is 1. The minimum atomic E-state index is -0.500. The summed E-state index contributed by atoms with van der Waals surface area (Å²) in [5.74, 6) is 0.520. The van der Waals surface area contributed by atoms with Crippen molar-refractivity contribution in [3.8, 4) is 11.5 Å². The molecule has 0 aliphatic rings. The highest BCUT2D eigenvalue weighted by atomic mass is 32.2. The zero-order valence-electron chi connectivity index (χ0n) is 14.1. The molecule has 2 aromatic rings. The lowest BCUT2D eigenvalue weighted by Crippen LogP contribution is -2.14. The Bertz CT molecular complexity index is 747. The summed E-state index contributed by atoms with van der Waals surface area (Å²) in [7, 11) is 3.07. The molecule has 0 unspecified atom stereocenters. The van der Waals surface area contributed by atoms with Gasteiger partial charge in [-0.25, -0.2) is 9.78 Å². The lowest BCUT2D eigenvalue weighted by Gasteiger charge is -2.10. The van der Waals surface area contributed by atoms with Crippen LogP contribution in [-0.2, 0) is 9.53 Å². The number of esters is 1. The van der Waals surface area contributed by atoms with Crippen molar-refractivity contribution in [2.24, 2.45) is 0 Å². The van der Waals surface area contributed by atoms with Gasteiger partial charge in [0.25, 0.3) is 0 Å². The van der Waals surface area contributed by atoms with E-state index in [4.69, 9.17) is 14.2 Å². The number of carbonyl (C=O) groups is 2. The number of ether oxygens (including phenoxy) is 3. The highest BCUT2D eigenvalue weighted by molar-refractivity contribution is 7.99. The van der Waals surface area contributed by atoms with Gasteiger partial charge in [-0.1, -0.05) is 11.8 Å². The van der Waals surface area contributed by atoms with Crippen molar-refractivity contribution in [3.05, 3.63) is 30.1 Å². The van der Waals surface area contributed by atoms with Gasteiger partial charge in [0.15, 0.2) is 22.3 Å². The molecular weight excluding hydrogens is 346 g/mol. The summed E-state index contributed by atoms with van der Waals surface area (Å²) >= 11 is 1.18. The van der Waals surface area contributed by atoms with Crippen molar-refractivity contribution in [2.45, 2.75) is 12.1 Å². The van der Waals surface area contributed by atoms with E-state index in [2.05, 4.69) is 15.3 Å². The van der Waals surface area contributed by atoms with Crippen LogP contribution >= 0.6 is 11.8 Å². The number of rotatable bonds is 8. The first-order valence-corrected chi connectivity index (χ1v) is 8.43. The maximum absolute atomic E-state index is 12.0. The molecule has 0 bridgehead atoms. The SMILES string of the molecule is CCOC(=O)c1c[nH]c(SCC(=O)Nc2ccc(OC)c(OC)c2)n1. The van der Waals surface area contributed by atoms with Gasteiger partial charge in [-0.2, -0.15) is 0 Å². The third-order valence-corrected chi connectivity index (χ3v) is 3.94. The summed E-state index contributed by atoms with van der Waals surface area (Å²) < 4.78 is 15.2. The van der Waals surface area contributed by atoms with Crippen molar-refractivity contribution < 1.29 is 23.8 Å². The highest BCUT2D eigenvalue weighted by Gasteiger charge is 2.13. The van der Waals surface area contributed by atoms with E-state index in [1.54, 1.807) is 32.2 Å². The monoisotopic (exact) mass is 365 g/mol. The maximum atomic E-state index is 12.0. The van der Waals surface area contributed by atoms with Crippen LogP contribution in [0, 0.1) is 0 Å². The summed E-state index contributed by atoms with van der Waals surface area (Å²) in [6, 6.07) is 5.10. The standard InChI is InChI=1S/C16H19N3O5S/c1-4-24-15(21)11-8-17-16(19-11)25-9-14(20)18-10-5-6-12(22-2)13(7-10)23-3/h5-8H,4,9H2,1-3H3,(H,17,19)(H,18,20). The van der Waals surface area contributed by atoms with E-state index in [9.17, 15) is 9.59 Å². The second kappa shape index (κ2) is 8.97. The summed E-state index contributed by atoms with van der Waals surface area (Å²) in [5, 5.41) is 3.22. The number of amides is 1. The Balaban J connectivity index is 1.90. The van der Waals surface area contributed by atoms with Gasteiger partial charge in [-0.15, -0.1) is 0 Å². The minimum absolute atomic E-state index is 0.129. The zero-order valence-corrected chi connectivity index (χ0v) is 14.9. The van der Waals surface area contributed by atoms with Crippen molar-refractivity contribution in [1.82, 2.24) is 9.97 Å². The van der Waals surface area contributed by atoms with Crippen LogP contribution in [-0.4, -0.2) is 48.4 Å². The summed E-state index contributed by atoms with van der Waals surface area (Å²) in [4.78, 5) is 30.5. The summed E-state index contributed by atoms with van der Waals surface area (Å²) in [6.45, 7) is 2.00. The average molecular weight is 365 g/mol. The third kappa shape index (κ3) is 5.15. The molecule has 0 spiro atoms. The predicted octanol–water partition coefficient (Wildman–Crippen LogP) is 2.33. The number of nitrogens with one attached hydrogen (secondary N) is 2. The van der Waals surface area contributed by atoms with Gasteiger partial charge in [-0.05, 0) is 19.1 Å². The molecule has 0 atom stereocenters. The van der Waals surface area contributed by atoms with Crippen molar-refractivity contribution in [1.29, 1.82) is 0 Å². The van der Waals surface area contributed by atoms with E-state index in [1.807, 2.05) is 0 Å². The van der Waals surface area contributed by atoms with Crippen molar-refractivity contribution >= 4 is 29.3 Å². The van der Waals surface area contributed by atoms with Crippen molar-refractivity contribution in [2.75, 3.05) is 31.9 Å². The molecule has 9 heteroatoms. The number of H-pyrrole nitrogens is 1. The van der Waals surface area contributed by atoms with Crippen LogP contribution in [0.2, 0.25) is 0 Å². The molecular formula is C16H19N3O5S.